The van der Waals surface area contributed by atoms with Crippen molar-refractivity contribution in [3.05, 3.63) is 48.8 Å². The van der Waals surface area contributed by atoms with E-state index in [-0.39, 0.29) is 0 Å². The first-order chi connectivity index (χ1) is 9.34. The molecule has 0 atom stereocenters. The largest absolute Gasteiger partial charge is 0.342 e. The Balaban J connectivity index is 2.14. The molecule has 0 aliphatic rings. The fraction of sp³-hybridized carbons (Fsp3) is 0.0667. The molecule has 4 aromatic rings. The molecule has 0 spiro atoms. The van der Waals surface area contributed by atoms with Crippen LogP contribution in [0.2, 0.25) is 0 Å². The third-order valence-electron chi connectivity index (χ3n) is 3.49. The molecule has 92 valence electrons. The fourth-order valence-corrected chi connectivity index (χ4v) is 2.53. The van der Waals surface area contributed by atoms with Crippen molar-refractivity contribution in [2.75, 3.05) is 0 Å². The monoisotopic (exact) mass is 248 g/mol. The molecular weight excluding hydrogens is 236 g/mol. The number of aryl methyl sites for hydroxylation is 1. The van der Waals surface area contributed by atoms with Crippen LogP contribution in [-0.4, -0.2) is 19.5 Å². The molecule has 0 amide bonds. The van der Waals surface area contributed by atoms with E-state index in [4.69, 9.17) is 4.98 Å². The molecule has 0 fully saturated rings. The summed E-state index contributed by atoms with van der Waals surface area (Å²) in [7, 11) is 2.02. The van der Waals surface area contributed by atoms with E-state index in [1.807, 2.05) is 25.4 Å². The van der Waals surface area contributed by atoms with Gasteiger partial charge in [-0.15, -0.1) is 0 Å². The number of fused-ring (bicyclic) bond motifs is 3. The Bertz CT molecular complexity index is 872. The number of hydrogen-bond acceptors (Lipinski definition) is 2. The maximum atomic E-state index is 4.75. The molecule has 0 aliphatic carbocycles. The van der Waals surface area contributed by atoms with Crippen LogP contribution >= 0.6 is 0 Å². The van der Waals surface area contributed by atoms with Crippen molar-refractivity contribution in [3.8, 4) is 11.6 Å². The third-order valence-corrected chi connectivity index (χ3v) is 3.49. The van der Waals surface area contributed by atoms with Gasteiger partial charge in [-0.3, -0.25) is 0 Å². The van der Waals surface area contributed by atoms with Crippen molar-refractivity contribution in [3.63, 3.8) is 0 Å². The van der Waals surface area contributed by atoms with Gasteiger partial charge in [-0.05, 0) is 11.5 Å². The molecule has 0 saturated carbocycles. The Labute approximate surface area is 109 Å². The summed E-state index contributed by atoms with van der Waals surface area (Å²) in [5.41, 5.74) is 2.14. The summed E-state index contributed by atoms with van der Waals surface area (Å²) in [5.74, 6) is 1.65. The molecule has 0 saturated heterocycles. The van der Waals surface area contributed by atoms with Crippen LogP contribution in [0.1, 0.15) is 0 Å². The highest BCUT2D eigenvalue weighted by Crippen LogP contribution is 2.27. The maximum Gasteiger partial charge on any atom is 0.177 e. The summed E-state index contributed by atoms with van der Waals surface area (Å²) in [6.45, 7) is 0. The van der Waals surface area contributed by atoms with E-state index in [0.717, 1.165) is 22.7 Å². The predicted molar refractivity (Wildman–Crippen MR) is 75.8 cm³/mol. The van der Waals surface area contributed by atoms with Crippen LogP contribution in [0.25, 0.3) is 33.5 Å². The van der Waals surface area contributed by atoms with E-state index < -0.39 is 0 Å². The molecule has 0 unspecified atom stereocenters. The van der Waals surface area contributed by atoms with Gasteiger partial charge in [0.25, 0.3) is 0 Å². The van der Waals surface area contributed by atoms with Crippen molar-refractivity contribution in [2.24, 2.45) is 7.05 Å². The molecular formula is C15H12N4. The fourth-order valence-electron chi connectivity index (χ4n) is 2.53. The summed E-state index contributed by atoms with van der Waals surface area (Å²) in [5, 5.41) is 2.38. The number of H-pyrrole nitrogens is 1. The zero-order valence-electron chi connectivity index (χ0n) is 10.5. The van der Waals surface area contributed by atoms with Crippen molar-refractivity contribution < 1.29 is 0 Å². The summed E-state index contributed by atoms with van der Waals surface area (Å²) in [4.78, 5) is 12.1. The van der Waals surface area contributed by atoms with Crippen molar-refractivity contribution in [1.82, 2.24) is 19.5 Å². The minimum atomic E-state index is 0.794. The second-order valence-corrected chi connectivity index (χ2v) is 4.59. The maximum absolute atomic E-state index is 4.75. The Morgan fingerprint density at radius 3 is 2.84 bits per heavy atom. The number of aromatic nitrogens is 4. The van der Waals surface area contributed by atoms with Gasteiger partial charge in [0.15, 0.2) is 11.6 Å². The van der Waals surface area contributed by atoms with Crippen LogP contribution in [0.5, 0.6) is 0 Å². The lowest BCUT2D eigenvalue weighted by molar-refractivity contribution is 0.944. The smallest absolute Gasteiger partial charge is 0.177 e. The van der Waals surface area contributed by atoms with Crippen molar-refractivity contribution in [1.29, 1.82) is 0 Å². The minimum Gasteiger partial charge on any atom is -0.342 e. The van der Waals surface area contributed by atoms with Gasteiger partial charge in [0, 0.05) is 24.8 Å². The number of nitrogens with zero attached hydrogens (tertiary/aromatic N) is 3. The molecule has 0 radical (unpaired) electrons. The third kappa shape index (κ3) is 1.40. The van der Waals surface area contributed by atoms with Gasteiger partial charge < -0.3 is 9.55 Å². The highest BCUT2D eigenvalue weighted by molar-refractivity contribution is 6.05. The molecule has 2 aromatic heterocycles. The first-order valence-electron chi connectivity index (χ1n) is 6.18. The van der Waals surface area contributed by atoms with E-state index >= 15 is 0 Å². The highest BCUT2D eigenvalue weighted by atomic mass is 15.1. The topological polar surface area (TPSA) is 46.5 Å². The molecule has 4 nitrogen and oxygen atoms in total. The van der Waals surface area contributed by atoms with Gasteiger partial charge in [0.2, 0.25) is 0 Å². The summed E-state index contributed by atoms with van der Waals surface area (Å²) in [6, 6.07) is 12.5. The van der Waals surface area contributed by atoms with Gasteiger partial charge in [0.1, 0.15) is 0 Å². The predicted octanol–water partition coefficient (Wildman–Crippen LogP) is 3.12. The van der Waals surface area contributed by atoms with E-state index in [2.05, 4.69) is 38.8 Å². The molecule has 2 aromatic carbocycles. The van der Waals surface area contributed by atoms with Crippen molar-refractivity contribution >= 4 is 21.8 Å². The van der Waals surface area contributed by atoms with Crippen LogP contribution in [0.15, 0.2) is 48.8 Å². The van der Waals surface area contributed by atoms with Crippen molar-refractivity contribution in [2.45, 2.75) is 0 Å². The minimum absolute atomic E-state index is 0.794. The average Bonchev–Trinajstić information content (AvgIpc) is 3.07. The van der Waals surface area contributed by atoms with Crippen LogP contribution < -0.4 is 0 Å². The second kappa shape index (κ2) is 3.68. The van der Waals surface area contributed by atoms with Crippen LogP contribution in [0, 0.1) is 0 Å². The average molecular weight is 248 g/mol. The number of rotatable bonds is 1. The SMILES string of the molecule is Cn1c(-c2ncc[nH]2)nc2c3ccccc3ccc21. The number of benzene rings is 2. The van der Waals surface area contributed by atoms with Crippen LogP contribution in [0.3, 0.4) is 0 Å². The first kappa shape index (κ1) is 10.3. The number of imidazole rings is 2. The lowest BCUT2D eigenvalue weighted by Crippen LogP contribution is -1.93. The quantitative estimate of drug-likeness (QED) is 0.562. The summed E-state index contributed by atoms with van der Waals surface area (Å²) < 4.78 is 2.07. The first-order valence-corrected chi connectivity index (χ1v) is 6.18. The Morgan fingerprint density at radius 2 is 2.00 bits per heavy atom. The summed E-state index contributed by atoms with van der Waals surface area (Å²) in [6.07, 6.45) is 3.56. The van der Waals surface area contributed by atoms with E-state index in [1.165, 1.54) is 10.8 Å². The zero-order chi connectivity index (χ0) is 12.8. The molecule has 1 N–H and O–H groups in total. The Morgan fingerprint density at radius 1 is 1.11 bits per heavy atom. The molecule has 4 rings (SSSR count). The standard InChI is InChI=1S/C15H12N4/c1-19-12-7-6-10-4-2-3-5-11(10)13(12)18-15(19)14-16-8-9-17-14/h2-9H,1H3,(H,16,17). The van der Waals surface area contributed by atoms with Gasteiger partial charge >= 0.3 is 0 Å². The van der Waals surface area contributed by atoms with Crippen LogP contribution in [-0.2, 0) is 7.05 Å². The Kier molecular flexibility index (Phi) is 2.00. The van der Waals surface area contributed by atoms with Gasteiger partial charge in [0.05, 0.1) is 11.0 Å². The Hall–Kier alpha value is -2.62. The number of nitrogens with one attached hydrogen (secondary N) is 1. The normalized spacial score (nSPS) is 11.4. The molecule has 0 aliphatic heterocycles. The van der Waals surface area contributed by atoms with E-state index in [0.29, 0.717) is 0 Å². The van der Waals surface area contributed by atoms with Gasteiger partial charge in [-0.1, -0.05) is 30.3 Å². The lowest BCUT2D eigenvalue weighted by atomic mass is 10.1. The summed E-state index contributed by atoms with van der Waals surface area (Å²) >= 11 is 0. The van der Waals surface area contributed by atoms with Crippen LogP contribution in [0.4, 0.5) is 0 Å². The molecule has 4 heteroatoms. The second-order valence-electron chi connectivity index (χ2n) is 4.59. The number of aromatic amines is 1. The highest BCUT2D eigenvalue weighted by Gasteiger charge is 2.13. The lowest BCUT2D eigenvalue weighted by Gasteiger charge is -2.00. The van der Waals surface area contributed by atoms with E-state index in [1.54, 1.807) is 6.20 Å². The zero-order valence-corrected chi connectivity index (χ0v) is 10.5. The van der Waals surface area contributed by atoms with E-state index in [9.17, 15) is 0 Å². The number of hydrogen-bond donors (Lipinski definition) is 1. The molecule has 0 bridgehead atoms. The molecule has 19 heavy (non-hydrogen) atoms. The van der Waals surface area contributed by atoms with Gasteiger partial charge in [-0.2, -0.15) is 0 Å². The van der Waals surface area contributed by atoms with Gasteiger partial charge in [-0.25, -0.2) is 9.97 Å². The molecule has 2 heterocycles.